The van der Waals surface area contributed by atoms with Gasteiger partial charge in [0, 0.05) is 13.1 Å². The van der Waals surface area contributed by atoms with E-state index in [0.717, 1.165) is 37.2 Å². The Hall–Kier alpha value is -2.14. The van der Waals surface area contributed by atoms with Gasteiger partial charge in [-0.2, -0.15) is 0 Å². The first-order valence-electron chi connectivity index (χ1n) is 7.81. The van der Waals surface area contributed by atoms with Gasteiger partial charge in [0.1, 0.15) is 5.69 Å². The van der Waals surface area contributed by atoms with Crippen molar-refractivity contribution >= 4 is 11.6 Å². The topological polar surface area (TPSA) is 54.5 Å². The van der Waals surface area contributed by atoms with Gasteiger partial charge in [-0.3, -0.25) is 9.63 Å². The minimum Gasteiger partial charge on any atom is -0.370 e. The van der Waals surface area contributed by atoms with Gasteiger partial charge in [-0.1, -0.05) is 18.2 Å². The molecule has 1 aliphatic heterocycles. The second kappa shape index (κ2) is 7.22. The quantitative estimate of drug-likeness (QED) is 0.849. The summed E-state index contributed by atoms with van der Waals surface area (Å²) in [7, 11) is 0. The lowest BCUT2D eigenvalue weighted by Gasteiger charge is -2.16. The van der Waals surface area contributed by atoms with Gasteiger partial charge in [-0.05, 0) is 43.4 Å². The highest BCUT2D eigenvalue weighted by molar-refractivity contribution is 5.91. The van der Waals surface area contributed by atoms with Crippen molar-refractivity contribution in [1.29, 1.82) is 0 Å². The lowest BCUT2D eigenvalue weighted by molar-refractivity contribution is 0.0400. The highest BCUT2D eigenvalue weighted by atomic mass is 16.6. The molecule has 1 N–H and O–H groups in total. The fourth-order valence-corrected chi connectivity index (χ4v) is 2.69. The van der Waals surface area contributed by atoms with Crippen LogP contribution in [0.3, 0.4) is 0 Å². The molecule has 0 radical (unpaired) electrons. The first-order valence-corrected chi connectivity index (χ1v) is 7.81. The van der Waals surface area contributed by atoms with Gasteiger partial charge in [-0.25, -0.2) is 10.5 Å². The molecule has 2 heterocycles. The van der Waals surface area contributed by atoms with Gasteiger partial charge in [0.15, 0.2) is 0 Å². The molecule has 5 heteroatoms. The van der Waals surface area contributed by atoms with Crippen molar-refractivity contribution in [2.24, 2.45) is 0 Å². The van der Waals surface area contributed by atoms with Crippen LogP contribution in [0.1, 0.15) is 36.2 Å². The molecule has 1 amide bonds. The molecule has 0 spiro atoms. The molecule has 1 fully saturated rings. The van der Waals surface area contributed by atoms with Crippen LogP contribution < -0.4 is 10.4 Å². The van der Waals surface area contributed by atoms with Crippen LogP contribution in [-0.4, -0.2) is 30.6 Å². The monoisotopic (exact) mass is 299 g/mol. The molecule has 3 rings (SSSR count). The normalized spacial score (nSPS) is 17.5. The van der Waals surface area contributed by atoms with E-state index in [4.69, 9.17) is 4.84 Å². The Morgan fingerprint density at radius 1 is 1.27 bits per heavy atom. The summed E-state index contributed by atoms with van der Waals surface area (Å²) in [5, 5.41) is 0. The summed E-state index contributed by atoms with van der Waals surface area (Å²) in [6.07, 6.45) is 12.6. The summed E-state index contributed by atoms with van der Waals surface area (Å²) in [5.74, 6) is -0.312. The first kappa shape index (κ1) is 14.8. The average Bonchev–Trinajstić information content (AvgIpc) is 3.10. The maximum atomic E-state index is 12.0. The number of hydroxylamine groups is 1. The van der Waals surface area contributed by atoms with Crippen molar-refractivity contribution in [2.45, 2.75) is 25.7 Å². The molecule has 5 nitrogen and oxygen atoms in total. The van der Waals surface area contributed by atoms with E-state index < -0.39 is 0 Å². The van der Waals surface area contributed by atoms with Crippen LogP contribution in [0.4, 0.5) is 5.69 Å². The highest BCUT2D eigenvalue weighted by Crippen LogP contribution is 2.19. The number of nitrogens with zero attached hydrogens (tertiary/aromatic N) is 2. The zero-order valence-corrected chi connectivity index (χ0v) is 12.6. The molecular formula is C17H21N3O2. The van der Waals surface area contributed by atoms with Crippen molar-refractivity contribution < 1.29 is 9.63 Å². The van der Waals surface area contributed by atoms with Gasteiger partial charge in [0.2, 0.25) is 0 Å². The number of hydrogen-bond acceptors (Lipinski definition) is 4. The number of hydrogen-bond donors (Lipinski definition) is 1. The van der Waals surface area contributed by atoms with Gasteiger partial charge in [0.25, 0.3) is 5.91 Å². The van der Waals surface area contributed by atoms with Crippen LogP contribution in [0.15, 0.2) is 42.1 Å². The summed E-state index contributed by atoms with van der Waals surface area (Å²) in [5.41, 5.74) is 4.98. The lowest BCUT2D eigenvalue weighted by atomic mass is 10.1. The van der Waals surface area contributed by atoms with E-state index in [0.29, 0.717) is 12.3 Å². The smallest absolute Gasteiger partial charge is 0.293 e. The van der Waals surface area contributed by atoms with E-state index in [-0.39, 0.29) is 5.91 Å². The number of allylic oxidation sites excluding steroid dienone is 2. The number of carbonyl (C=O) groups excluding carboxylic acids is 1. The number of nitrogens with one attached hydrogen (secondary N) is 1. The number of aromatic nitrogens is 1. The fourth-order valence-electron chi connectivity index (χ4n) is 2.69. The summed E-state index contributed by atoms with van der Waals surface area (Å²) in [6.45, 7) is 2.52. The van der Waals surface area contributed by atoms with Crippen LogP contribution in [0.25, 0.3) is 0 Å². The SMILES string of the molecule is O=C(NOCC1=CCCC=C1)c1ccc(N2CCCC2)cn1. The first-order chi connectivity index (χ1) is 10.8. The highest BCUT2D eigenvalue weighted by Gasteiger charge is 2.14. The molecule has 0 aromatic carbocycles. The maximum Gasteiger partial charge on any atom is 0.293 e. The maximum absolute atomic E-state index is 12.0. The molecule has 0 saturated carbocycles. The Morgan fingerprint density at radius 2 is 2.14 bits per heavy atom. The van der Waals surface area contributed by atoms with Crippen molar-refractivity contribution in [3.05, 3.63) is 47.8 Å². The van der Waals surface area contributed by atoms with E-state index in [1.54, 1.807) is 12.3 Å². The zero-order chi connectivity index (χ0) is 15.2. The van der Waals surface area contributed by atoms with Crippen molar-refractivity contribution in [3.8, 4) is 0 Å². The van der Waals surface area contributed by atoms with Gasteiger partial charge < -0.3 is 4.90 Å². The van der Waals surface area contributed by atoms with E-state index in [1.807, 2.05) is 12.1 Å². The standard InChI is InChI=1S/C17H21N3O2/c21-17(19-22-13-14-6-2-1-3-7-14)16-9-8-15(12-18-16)20-10-4-5-11-20/h2,6-9,12H,1,3-5,10-11,13H2,(H,19,21). The number of anilines is 1. The summed E-state index contributed by atoms with van der Waals surface area (Å²) < 4.78 is 0. The van der Waals surface area contributed by atoms with Crippen molar-refractivity contribution in [1.82, 2.24) is 10.5 Å². The van der Waals surface area contributed by atoms with Crippen LogP contribution in [0.2, 0.25) is 0 Å². The van der Waals surface area contributed by atoms with Crippen LogP contribution in [0, 0.1) is 0 Å². The average molecular weight is 299 g/mol. The van der Waals surface area contributed by atoms with Crippen molar-refractivity contribution in [3.63, 3.8) is 0 Å². The molecule has 1 saturated heterocycles. The van der Waals surface area contributed by atoms with Gasteiger partial charge >= 0.3 is 0 Å². The molecule has 1 aromatic rings. The fraction of sp³-hybridized carbons (Fsp3) is 0.412. The molecule has 1 aliphatic carbocycles. The second-order valence-electron chi connectivity index (χ2n) is 5.57. The number of pyridine rings is 1. The third kappa shape index (κ3) is 3.74. The van der Waals surface area contributed by atoms with Gasteiger partial charge in [0.05, 0.1) is 18.5 Å². The predicted molar refractivity (Wildman–Crippen MR) is 85.6 cm³/mol. The molecule has 1 aromatic heterocycles. The van der Waals surface area contributed by atoms with Gasteiger partial charge in [-0.15, -0.1) is 0 Å². The summed E-state index contributed by atoms with van der Waals surface area (Å²) in [6, 6.07) is 3.69. The van der Waals surface area contributed by atoms with E-state index in [2.05, 4.69) is 27.5 Å². The Bertz CT molecular complexity index is 572. The number of rotatable bonds is 5. The Kier molecular flexibility index (Phi) is 4.85. The van der Waals surface area contributed by atoms with Crippen molar-refractivity contribution in [2.75, 3.05) is 24.6 Å². The van der Waals surface area contributed by atoms with Crippen LogP contribution in [-0.2, 0) is 4.84 Å². The van der Waals surface area contributed by atoms with Crippen LogP contribution >= 0.6 is 0 Å². The number of amides is 1. The molecule has 22 heavy (non-hydrogen) atoms. The molecule has 0 unspecified atom stereocenters. The minimum atomic E-state index is -0.312. The third-order valence-corrected chi connectivity index (χ3v) is 3.93. The minimum absolute atomic E-state index is 0.312. The Labute approximate surface area is 130 Å². The molecule has 116 valence electrons. The lowest BCUT2D eigenvalue weighted by Crippen LogP contribution is -2.26. The number of carbonyl (C=O) groups is 1. The predicted octanol–water partition coefficient (Wildman–Crippen LogP) is 2.62. The Morgan fingerprint density at radius 3 is 2.82 bits per heavy atom. The molecular weight excluding hydrogens is 278 g/mol. The Balaban J connectivity index is 1.49. The largest absolute Gasteiger partial charge is 0.370 e. The second-order valence-corrected chi connectivity index (χ2v) is 5.57. The molecule has 2 aliphatic rings. The zero-order valence-electron chi connectivity index (χ0n) is 12.6. The van der Waals surface area contributed by atoms with E-state index in [9.17, 15) is 4.79 Å². The third-order valence-electron chi connectivity index (χ3n) is 3.93. The van der Waals surface area contributed by atoms with E-state index in [1.165, 1.54) is 12.8 Å². The van der Waals surface area contributed by atoms with Crippen LogP contribution in [0.5, 0.6) is 0 Å². The summed E-state index contributed by atoms with van der Waals surface area (Å²) >= 11 is 0. The molecule has 0 bridgehead atoms. The van der Waals surface area contributed by atoms with E-state index >= 15 is 0 Å². The molecule has 0 atom stereocenters. The summed E-state index contributed by atoms with van der Waals surface area (Å²) in [4.78, 5) is 23.7.